The molecule has 0 aliphatic carbocycles. The molecule has 25 heavy (non-hydrogen) atoms. The van der Waals surface area contributed by atoms with Gasteiger partial charge in [-0.25, -0.2) is 4.98 Å². The smallest absolute Gasteiger partial charge is 0.133 e. The number of hydrogen-bond donors (Lipinski definition) is 2. The van der Waals surface area contributed by atoms with Crippen LogP contribution in [0.1, 0.15) is 12.5 Å². The Balaban J connectivity index is 2.06. The van der Waals surface area contributed by atoms with Gasteiger partial charge in [-0.05, 0) is 55.2 Å². The van der Waals surface area contributed by atoms with Crippen LogP contribution in [0.5, 0.6) is 0 Å². The van der Waals surface area contributed by atoms with E-state index in [1.165, 1.54) is 16.3 Å². The number of pyridine rings is 1. The number of rotatable bonds is 6. The number of nitrogens with one attached hydrogen (secondary N) is 1. The summed E-state index contributed by atoms with van der Waals surface area (Å²) in [7, 11) is 4.15. The highest BCUT2D eigenvalue weighted by Gasteiger charge is 2.10. The number of nitrogen functional groups attached to an aromatic ring is 1. The van der Waals surface area contributed by atoms with E-state index in [-0.39, 0.29) is 0 Å². The molecule has 0 amide bonds. The molecule has 2 aromatic carbocycles. The van der Waals surface area contributed by atoms with E-state index in [2.05, 4.69) is 61.6 Å². The summed E-state index contributed by atoms with van der Waals surface area (Å²) < 4.78 is 0. The second kappa shape index (κ2) is 7.53. The first-order valence-electron chi connectivity index (χ1n) is 8.74. The van der Waals surface area contributed by atoms with Gasteiger partial charge in [0.15, 0.2) is 0 Å². The standard InChI is InChI=1S/C21H26N4/c1-4-15-5-10-18-19(13-15)21(23-11-12-25(2)3)24-14-20(18)16-6-8-17(22)9-7-16/h5-10,13-14H,4,11-12,22H2,1-3H3,(H,23,24). The van der Waals surface area contributed by atoms with Gasteiger partial charge in [0.1, 0.15) is 5.82 Å². The van der Waals surface area contributed by atoms with E-state index in [0.29, 0.717) is 0 Å². The van der Waals surface area contributed by atoms with Gasteiger partial charge in [-0.1, -0.05) is 31.2 Å². The highest BCUT2D eigenvalue weighted by molar-refractivity contribution is 6.02. The zero-order valence-electron chi connectivity index (χ0n) is 15.2. The van der Waals surface area contributed by atoms with Crippen LogP contribution in [0, 0.1) is 0 Å². The maximum Gasteiger partial charge on any atom is 0.133 e. The SMILES string of the molecule is CCc1ccc2c(-c3ccc(N)cc3)cnc(NCCN(C)C)c2c1. The van der Waals surface area contributed by atoms with E-state index in [4.69, 9.17) is 10.7 Å². The molecular formula is C21H26N4. The van der Waals surface area contributed by atoms with Crippen molar-refractivity contribution >= 4 is 22.3 Å². The third kappa shape index (κ3) is 3.91. The van der Waals surface area contributed by atoms with Crippen LogP contribution < -0.4 is 11.1 Å². The number of nitrogens with zero attached hydrogens (tertiary/aromatic N) is 2. The second-order valence-corrected chi connectivity index (χ2v) is 6.61. The number of likely N-dealkylation sites (N-methyl/N-ethyl adjacent to an activating group) is 1. The number of nitrogens with two attached hydrogens (primary N) is 1. The Morgan fingerprint density at radius 3 is 2.48 bits per heavy atom. The molecule has 3 rings (SSSR count). The lowest BCUT2D eigenvalue weighted by Gasteiger charge is -2.15. The summed E-state index contributed by atoms with van der Waals surface area (Å²) in [5.74, 6) is 0.950. The Kier molecular flexibility index (Phi) is 5.19. The first-order chi connectivity index (χ1) is 12.1. The minimum absolute atomic E-state index is 0.774. The predicted molar refractivity (Wildman–Crippen MR) is 108 cm³/mol. The molecule has 1 heterocycles. The van der Waals surface area contributed by atoms with Gasteiger partial charge in [0.25, 0.3) is 0 Å². The van der Waals surface area contributed by atoms with E-state index in [1.807, 2.05) is 18.3 Å². The van der Waals surface area contributed by atoms with Crippen molar-refractivity contribution in [2.24, 2.45) is 0 Å². The topological polar surface area (TPSA) is 54.2 Å². The van der Waals surface area contributed by atoms with Crippen LogP contribution in [-0.4, -0.2) is 37.1 Å². The molecule has 3 N–H and O–H groups in total. The van der Waals surface area contributed by atoms with E-state index in [9.17, 15) is 0 Å². The number of aryl methyl sites for hydroxylation is 1. The van der Waals surface area contributed by atoms with Crippen molar-refractivity contribution in [3.63, 3.8) is 0 Å². The van der Waals surface area contributed by atoms with Crippen LogP contribution >= 0.6 is 0 Å². The summed E-state index contributed by atoms with van der Waals surface area (Å²) in [5, 5.41) is 5.87. The van der Waals surface area contributed by atoms with Gasteiger partial charge in [-0.3, -0.25) is 0 Å². The summed E-state index contributed by atoms with van der Waals surface area (Å²) in [4.78, 5) is 6.88. The van der Waals surface area contributed by atoms with Gasteiger partial charge >= 0.3 is 0 Å². The summed E-state index contributed by atoms with van der Waals surface area (Å²) in [6.45, 7) is 4.01. The molecule has 130 valence electrons. The van der Waals surface area contributed by atoms with Crippen molar-refractivity contribution in [3.05, 3.63) is 54.2 Å². The van der Waals surface area contributed by atoms with Crippen molar-refractivity contribution in [2.75, 3.05) is 38.2 Å². The van der Waals surface area contributed by atoms with E-state index < -0.39 is 0 Å². The fourth-order valence-electron chi connectivity index (χ4n) is 2.94. The molecule has 0 unspecified atom stereocenters. The Morgan fingerprint density at radius 1 is 1.04 bits per heavy atom. The molecular weight excluding hydrogens is 308 g/mol. The second-order valence-electron chi connectivity index (χ2n) is 6.61. The average molecular weight is 334 g/mol. The van der Waals surface area contributed by atoms with E-state index in [1.54, 1.807) is 0 Å². The Bertz CT molecular complexity index is 854. The van der Waals surface area contributed by atoms with Crippen LogP contribution in [0.25, 0.3) is 21.9 Å². The number of hydrogen-bond acceptors (Lipinski definition) is 4. The van der Waals surface area contributed by atoms with Gasteiger partial charge in [0.05, 0.1) is 0 Å². The molecule has 3 aromatic rings. The summed E-state index contributed by atoms with van der Waals surface area (Å²) in [6, 6.07) is 14.6. The predicted octanol–water partition coefficient (Wildman–Crippen LogP) is 4.02. The lowest BCUT2D eigenvalue weighted by Crippen LogP contribution is -2.21. The molecule has 0 saturated carbocycles. The highest BCUT2D eigenvalue weighted by atomic mass is 15.1. The minimum atomic E-state index is 0.774. The molecule has 0 spiro atoms. The summed E-state index contributed by atoms with van der Waals surface area (Å²) in [6.07, 6.45) is 2.97. The Hall–Kier alpha value is -2.59. The molecule has 0 bridgehead atoms. The Labute approximate surface area is 149 Å². The fourth-order valence-corrected chi connectivity index (χ4v) is 2.94. The van der Waals surface area contributed by atoms with Crippen molar-refractivity contribution in [1.82, 2.24) is 9.88 Å². The van der Waals surface area contributed by atoms with Gasteiger partial charge in [0.2, 0.25) is 0 Å². The molecule has 0 aliphatic rings. The highest BCUT2D eigenvalue weighted by Crippen LogP contribution is 2.32. The summed E-state index contributed by atoms with van der Waals surface area (Å²) >= 11 is 0. The van der Waals surface area contributed by atoms with Crippen LogP contribution in [0.2, 0.25) is 0 Å². The molecule has 0 radical (unpaired) electrons. The number of anilines is 2. The maximum atomic E-state index is 5.83. The van der Waals surface area contributed by atoms with E-state index in [0.717, 1.165) is 42.1 Å². The monoisotopic (exact) mass is 334 g/mol. The van der Waals surface area contributed by atoms with Gasteiger partial charge < -0.3 is 16.0 Å². The lowest BCUT2D eigenvalue weighted by atomic mass is 9.98. The average Bonchev–Trinajstić information content (AvgIpc) is 2.62. The molecule has 4 heteroatoms. The number of fused-ring (bicyclic) bond motifs is 1. The first kappa shape index (κ1) is 17.2. The first-order valence-corrected chi connectivity index (χ1v) is 8.74. The van der Waals surface area contributed by atoms with Crippen LogP contribution in [-0.2, 0) is 6.42 Å². The van der Waals surface area contributed by atoms with Gasteiger partial charge in [-0.15, -0.1) is 0 Å². The zero-order chi connectivity index (χ0) is 17.8. The Morgan fingerprint density at radius 2 is 1.80 bits per heavy atom. The summed E-state index contributed by atoms with van der Waals surface area (Å²) in [5.41, 5.74) is 10.2. The third-order valence-electron chi connectivity index (χ3n) is 4.43. The van der Waals surface area contributed by atoms with Crippen molar-refractivity contribution in [3.8, 4) is 11.1 Å². The number of aromatic nitrogens is 1. The molecule has 4 nitrogen and oxygen atoms in total. The molecule has 1 aromatic heterocycles. The molecule has 0 atom stereocenters. The van der Waals surface area contributed by atoms with Crippen LogP contribution in [0.4, 0.5) is 11.5 Å². The normalized spacial score (nSPS) is 11.2. The largest absolute Gasteiger partial charge is 0.399 e. The van der Waals surface area contributed by atoms with Crippen LogP contribution in [0.3, 0.4) is 0 Å². The molecule has 0 fully saturated rings. The van der Waals surface area contributed by atoms with Gasteiger partial charge in [-0.2, -0.15) is 0 Å². The van der Waals surface area contributed by atoms with Gasteiger partial charge in [0, 0.05) is 35.9 Å². The molecule has 0 aliphatic heterocycles. The van der Waals surface area contributed by atoms with E-state index >= 15 is 0 Å². The van der Waals surface area contributed by atoms with Crippen molar-refractivity contribution < 1.29 is 0 Å². The lowest BCUT2D eigenvalue weighted by molar-refractivity contribution is 0.425. The van der Waals surface area contributed by atoms with Crippen molar-refractivity contribution in [1.29, 1.82) is 0 Å². The minimum Gasteiger partial charge on any atom is -0.399 e. The third-order valence-corrected chi connectivity index (χ3v) is 4.43. The van der Waals surface area contributed by atoms with Crippen molar-refractivity contribution in [2.45, 2.75) is 13.3 Å². The quantitative estimate of drug-likeness (QED) is 0.669. The fraction of sp³-hybridized carbons (Fsp3) is 0.286. The maximum absolute atomic E-state index is 5.83. The molecule has 0 saturated heterocycles. The van der Waals surface area contributed by atoms with Crippen LogP contribution in [0.15, 0.2) is 48.7 Å². The zero-order valence-corrected chi connectivity index (χ0v) is 15.2. The number of benzene rings is 2.